The van der Waals surface area contributed by atoms with Gasteiger partial charge in [-0.25, -0.2) is 9.59 Å². The Balaban J connectivity index is 1.79. The molecule has 0 radical (unpaired) electrons. The molecule has 3 aliphatic rings. The normalized spacial score (nSPS) is 29.3. The van der Waals surface area contributed by atoms with E-state index in [0.717, 1.165) is 0 Å². The van der Waals surface area contributed by atoms with E-state index in [1.807, 2.05) is 6.92 Å². The first-order valence-corrected chi connectivity index (χ1v) is 11.2. The quantitative estimate of drug-likeness (QED) is 0.329. The molecule has 0 aromatic rings. The molecule has 11 heteroatoms. The van der Waals surface area contributed by atoms with Crippen LogP contribution in [0.15, 0.2) is 10.6 Å². The third kappa shape index (κ3) is 4.67. The van der Waals surface area contributed by atoms with Crippen molar-refractivity contribution in [3.63, 3.8) is 0 Å². The number of aliphatic hydroxyl groups excluding tert-OH is 1. The number of fused-ring (bicyclic) bond motifs is 1. The summed E-state index contributed by atoms with van der Waals surface area (Å²) < 4.78 is 15.1. The van der Waals surface area contributed by atoms with Crippen molar-refractivity contribution in [2.24, 2.45) is 11.8 Å². The number of thioether (sulfide) groups is 1. The minimum absolute atomic E-state index is 0.0697. The first-order valence-electron chi connectivity index (χ1n) is 10.3. The largest absolute Gasteiger partial charge is 0.511 e. The molecule has 10 nitrogen and oxygen atoms in total. The molecule has 0 aromatic carbocycles. The summed E-state index contributed by atoms with van der Waals surface area (Å²) in [6.07, 6.45) is -3.15. The maximum Gasteiger partial charge on any atom is 0.511 e. The van der Waals surface area contributed by atoms with Crippen LogP contribution < -0.4 is 5.32 Å². The van der Waals surface area contributed by atoms with Crippen molar-refractivity contribution in [1.29, 1.82) is 0 Å². The Bertz CT molecular complexity index is 811. The van der Waals surface area contributed by atoms with Gasteiger partial charge in [0.05, 0.1) is 24.2 Å². The summed E-state index contributed by atoms with van der Waals surface area (Å²) >= 11 is 1.36. The number of esters is 1. The third-order valence-corrected chi connectivity index (χ3v) is 6.89. The third-order valence-electron chi connectivity index (χ3n) is 5.40. The monoisotopic (exact) mass is 456 g/mol. The number of ether oxygens (including phenoxy) is 3. The van der Waals surface area contributed by atoms with Crippen molar-refractivity contribution in [2.75, 3.05) is 6.54 Å². The highest BCUT2D eigenvalue weighted by molar-refractivity contribution is 8.03. The standard InChI is InChI=1S/C20H28N2O8S/c1-8(2)28-20(27)30-11(5)29-19(26)16-17(31-12-6-13(24)21-7-12)9(3)15-14(10(4)23)18(25)22(15)16/h8-12,14-15,23H,6-7H2,1-5H3,(H,21,24)/t9-,10-,11?,12-,14-,15-/m1/s1. The smallest absolute Gasteiger partial charge is 0.431 e. The van der Waals surface area contributed by atoms with E-state index in [1.54, 1.807) is 20.8 Å². The van der Waals surface area contributed by atoms with Gasteiger partial charge < -0.3 is 29.5 Å². The average Bonchev–Trinajstić information content (AvgIpc) is 3.14. The molecular weight excluding hydrogens is 428 g/mol. The van der Waals surface area contributed by atoms with Crippen LogP contribution in [0.1, 0.15) is 41.0 Å². The van der Waals surface area contributed by atoms with Crippen LogP contribution in [0.5, 0.6) is 0 Å². The molecule has 0 aromatic heterocycles. The van der Waals surface area contributed by atoms with Crippen LogP contribution in [0.3, 0.4) is 0 Å². The van der Waals surface area contributed by atoms with Crippen molar-refractivity contribution in [1.82, 2.24) is 10.2 Å². The van der Waals surface area contributed by atoms with E-state index in [2.05, 4.69) is 5.32 Å². The van der Waals surface area contributed by atoms with E-state index in [9.17, 15) is 24.3 Å². The number of aliphatic hydroxyl groups is 1. The average molecular weight is 457 g/mol. The highest BCUT2D eigenvalue weighted by Gasteiger charge is 2.60. The summed E-state index contributed by atoms with van der Waals surface area (Å²) in [5, 5.41) is 12.7. The van der Waals surface area contributed by atoms with Crippen LogP contribution in [0.2, 0.25) is 0 Å². The van der Waals surface area contributed by atoms with Gasteiger partial charge in [-0.1, -0.05) is 6.92 Å². The lowest BCUT2D eigenvalue weighted by Gasteiger charge is -2.46. The Kier molecular flexibility index (Phi) is 6.85. The number of nitrogens with zero attached hydrogens (tertiary/aromatic N) is 1. The van der Waals surface area contributed by atoms with Crippen LogP contribution in [0.4, 0.5) is 4.79 Å². The fraction of sp³-hybridized carbons (Fsp3) is 0.700. The molecular formula is C20H28N2O8S. The van der Waals surface area contributed by atoms with E-state index in [0.29, 0.717) is 17.9 Å². The number of hydrogen-bond acceptors (Lipinski definition) is 9. The number of β-lactam (4-membered cyclic amide) rings is 1. The zero-order valence-electron chi connectivity index (χ0n) is 18.1. The van der Waals surface area contributed by atoms with Crippen molar-refractivity contribution in [2.45, 2.75) is 70.8 Å². The predicted molar refractivity (Wildman–Crippen MR) is 109 cm³/mol. The highest BCUT2D eigenvalue weighted by atomic mass is 32.2. The fourth-order valence-corrected chi connectivity index (χ4v) is 5.51. The van der Waals surface area contributed by atoms with Gasteiger partial charge in [-0.15, -0.1) is 11.8 Å². The molecule has 2 amide bonds. The first-order chi connectivity index (χ1) is 14.5. The first kappa shape index (κ1) is 23.4. The minimum atomic E-state index is -1.23. The van der Waals surface area contributed by atoms with Gasteiger partial charge in [-0.2, -0.15) is 0 Å². The van der Waals surface area contributed by atoms with Gasteiger partial charge in [0.15, 0.2) is 0 Å². The number of rotatable bonds is 7. The van der Waals surface area contributed by atoms with Crippen molar-refractivity contribution in [3.05, 3.63) is 10.6 Å². The predicted octanol–water partition coefficient (Wildman–Crippen LogP) is 1.13. The Hall–Kier alpha value is -2.27. The molecule has 0 saturated carbocycles. The molecule has 1 unspecified atom stereocenters. The molecule has 0 spiro atoms. The van der Waals surface area contributed by atoms with Crippen molar-refractivity contribution >= 4 is 35.7 Å². The van der Waals surface area contributed by atoms with Gasteiger partial charge >= 0.3 is 12.1 Å². The van der Waals surface area contributed by atoms with E-state index in [4.69, 9.17) is 14.2 Å². The summed E-state index contributed by atoms with van der Waals surface area (Å²) in [6, 6.07) is -0.371. The van der Waals surface area contributed by atoms with Crippen molar-refractivity contribution in [3.8, 4) is 0 Å². The second kappa shape index (κ2) is 9.07. The number of carbonyl (C=O) groups is 4. The Labute approximate surface area is 184 Å². The number of carbonyl (C=O) groups excluding carboxylic acids is 4. The molecule has 172 valence electrons. The van der Waals surface area contributed by atoms with Crippen LogP contribution in [-0.2, 0) is 28.6 Å². The van der Waals surface area contributed by atoms with E-state index in [1.165, 1.54) is 23.6 Å². The van der Waals surface area contributed by atoms with Gasteiger partial charge in [0.1, 0.15) is 5.70 Å². The van der Waals surface area contributed by atoms with Crippen LogP contribution in [0, 0.1) is 11.8 Å². The fourth-order valence-electron chi connectivity index (χ4n) is 4.10. The summed E-state index contributed by atoms with van der Waals surface area (Å²) in [5.74, 6) is -2.07. The van der Waals surface area contributed by atoms with E-state index < -0.39 is 36.5 Å². The summed E-state index contributed by atoms with van der Waals surface area (Å²) in [6.45, 7) is 8.57. The Morgan fingerprint density at radius 2 is 1.84 bits per heavy atom. The maximum absolute atomic E-state index is 13.0. The SMILES string of the molecule is CC(C)OC(=O)OC(C)OC(=O)C1=C(S[C@H]2CNC(=O)C2)[C@H](C)[C@@H]2[C@@H]([C@@H](C)O)C(=O)N12. The van der Waals surface area contributed by atoms with Gasteiger partial charge in [-0.3, -0.25) is 9.59 Å². The molecule has 3 aliphatic heterocycles. The van der Waals surface area contributed by atoms with Crippen LogP contribution >= 0.6 is 11.8 Å². The molecule has 3 rings (SSSR count). The van der Waals surface area contributed by atoms with Gasteiger partial charge in [0.25, 0.3) is 0 Å². The molecule has 2 saturated heterocycles. The van der Waals surface area contributed by atoms with Gasteiger partial charge in [0, 0.05) is 36.0 Å². The molecule has 0 bridgehead atoms. The summed E-state index contributed by atoms with van der Waals surface area (Å²) in [4.78, 5) is 50.9. The second-order valence-electron chi connectivity index (χ2n) is 8.22. The highest BCUT2D eigenvalue weighted by Crippen LogP contribution is 2.52. The zero-order chi connectivity index (χ0) is 23.0. The molecule has 6 atom stereocenters. The van der Waals surface area contributed by atoms with Gasteiger partial charge in [0.2, 0.25) is 18.1 Å². The topological polar surface area (TPSA) is 131 Å². The second-order valence-corrected chi connectivity index (χ2v) is 9.56. The Morgan fingerprint density at radius 3 is 2.39 bits per heavy atom. The van der Waals surface area contributed by atoms with E-state index >= 15 is 0 Å². The van der Waals surface area contributed by atoms with E-state index in [-0.39, 0.29) is 34.7 Å². The molecule has 3 heterocycles. The summed E-state index contributed by atoms with van der Waals surface area (Å²) in [5.41, 5.74) is 0.0800. The summed E-state index contributed by atoms with van der Waals surface area (Å²) in [7, 11) is 0. The molecule has 2 N–H and O–H groups in total. The number of amides is 2. The van der Waals surface area contributed by atoms with Crippen LogP contribution in [-0.4, -0.2) is 70.3 Å². The lowest BCUT2D eigenvalue weighted by atomic mass is 9.79. The zero-order valence-corrected chi connectivity index (χ0v) is 18.9. The number of nitrogens with one attached hydrogen (secondary N) is 1. The maximum atomic E-state index is 13.0. The Morgan fingerprint density at radius 1 is 1.16 bits per heavy atom. The molecule has 0 aliphatic carbocycles. The lowest BCUT2D eigenvalue weighted by molar-refractivity contribution is -0.174. The minimum Gasteiger partial charge on any atom is -0.431 e. The number of hydrogen-bond donors (Lipinski definition) is 2. The lowest BCUT2D eigenvalue weighted by Crippen LogP contribution is -2.63. The van der Waals surface area contributed by atoms with Crippen molar-refractivity contribution < 1.29 is 38.5 Å². The molecule has 2 fully saturated rings. The molecule has 31 heavy (non-hydrogen) atoms. The van der Waals surface area contributed by atoms with Gasteiger partial charge in [-0.05, 0) is 20.8 Å². The van der Waals surface area contributed by atoms with Crippen LogP contribution in [0.25, 0.3) is 0 Å².